The highest BCUT2D eigenvalue weighted by Crippen LogP contribution is 2.25. The van der Waals surface area contributed by atoms with E-state index in [1.54, 1.807) is 36.4 Å². The van der Waals surface area contributed by atoms with Gasteiger partial charge in [-0.05, 0) is 30.3 Å². The zero-order valence-electron chi connectivity index (χ0n) is 11.2. The highest BCUT2D eigenvalue weighted by atomic mass is 79.9. The minimum Gasteiger partial charge on any atom is -0.496 e. The predicted molar refractivity (Wildman–Crippen MR) is 84.2 cm³/mol. The van der Waals surface area contributed by atoms with E-state index in [1.807, 2.05) is 6.07 Å². The lowest BCUT2D eigenvalue weighted by Gasteiger charge is -2.11. The first kappa shape index (κ1) is 14.9. The normalized spacial score (nSPS) is 9.76. The van der Waals surface area contributed by atoms with E-state index < -0.39 is 0 Å². The molecule has 0 unspecified atom stereocenters. The smallest absolute Gasteiger partial charge is 0.259 e. The quantitative estimate of drug-likeness (QED) is 0.836. The summed E-state index contributed by atoms with van der Waals surface area (Å²) in [6.07, 6.45) is 0. The van der Waals surface area contributed by atoms with E-state index in [0.717, 1.165) is 4.47 Å². The number of amides is 1. The fraction of sp³-hybridized carbons (Fsp3) is 0.0667. The van der Waals surface area contributed by atoms with Crippen molar-refractivity contribution in [3.8, 4) is 11.8 Å². The highest BCUT2D eigenvalue weighted by Gasteiger charge is 2.14. The van der Waals surface area contributed by atoms with Gasteiger partial charge in [-0.2, -0.15) is 5.26 Å². The van der Waals surface area contributed by atoms with Crippen LogP contribution in [-0.2, 0) is 0 Å². The maximum atomic E-state index is 12.3. The Bertz CT molecular complexity index is 738. The predicted octanol–water partition coefficient (Wildman–Crippen LogP) is 3.16. The van der Waals surface area contributed by atoms with Gasteiger partial charge in [-0.25, -0.2) is 0 Å². The molecule has 2 aromatic rings. The molecule has 0 aliphatic rings. The van der Waals surface area contributed by atoms with E-state index in [4.69, 9.17) is 15.7 Å². The van der Waals surface area contributed by atoms with Crippen molar-refractivity contribution in [2.24, 2.45) is 0 Å². The van der Waals surface area contributed by atoms with Crippen LogP contribution in [-0.4, -0.2) is 13.0 Å². The third-order valence-electron chi connectivity index (χ3n) is 2.82. The number of nitrogens with one attached hydrogen (secondary N) is 1. The second kappa shape index (κ2) is 6.29. The topological polar surface area (TPSA) is 88.1 Å². The van der Waals surface area contributed by atoms with Crippen LogP contribution in [0.15, 0.2) is 40.9 Å². The van der Waals surface area contributed by atoms with E-state index in [9.17, 15) is 4.79 Å². The molecule has 0 radical (unpaired) electrons. The molecule has 0 heterocycles. The Morgan fingerprint density at radius 2 is 2.10 bits per heavy atom. The summed E-state index contributed by atoms with van der Waals surface area (Å²) < 4.78 is 5.92. The molecule has 2 aromatic carbocycles. The molecule has 0 aliphatic carbocycles. The summed E-state index contributed by atoms with van der Waals surface area (Å²) in [4.78, 5) is 12.3. The Kier molecular flexibility index (Phi) is 4.45. The standard InChI is InChI=1S/C15H12BrN3O2/c1-21-14-7-11(18)4-5-12(14)15(20)19-13-6-10(16)3-2-9(13)8-17/h2-7H,18H2,1H3,(H,19,20). The SMILES string of the molecule is COc1cc(N)ccc1C(=O)Nc1cc(Br)ccc1C#N. The summed E-state index contributed by atoms with van der Waals surface area (Å²) in [7, 11) is 1.46. The molecule has 0 spiro atoms. The first-order chi connectivity index (χ1) is 10.0. The van der Waals surface area contributed by atoms with Crippen LogP contribution in [0.4, 0.5) is 11.4 Å². The first-order valence-corrected chi connectivity index (χ1v) is 6.79. The van der Waals surface area contributed by atoms with Crippen molar-refractivity contribution in [3.05, 3.63) is 52.0 Å². The maximum Gasteiger partial charge on any atom is 0.259 e. The number of carbonyl (C=O) groups is 1. The molecule has 1 amide bonds. The molecule has 5 nitrogen and oxygen atoms in total. The molecular formula is C15H12BrN3O2. The van der Waals surface area contributed by atoms with Gasteiger partial charge in [0.15, 0.2) is 0 Å². The second-order valence-corrected chi connectivity index (χ2v) is 5.13. The van der Waals surface area contributed by atoms with Gasteiger partial charge in [0, 0.05) is 16.2 Å². The Morgan fingerprint density at radius 3 is 2.76 bits per heavy atom. The summed E-state index contributed by atoms with van der Waals surface area (Å²) in [5.74, 6) is 0.00227. The molecule has 0 saturated heterocycles. The van der Waals surface area contributed by atoms with Crippen molar-refractivity contribution in [2.75, 3.05) is 18.2 Å². The van der Waals surface area contributed by atoms with Gasteiger partial charge < -0.3 is 15.8 Å². The van der Waals surface area contributed by atoms with E-state index in [1.165, 1.54) is 7.11 Å². The third kappa shape index (κ3) is 3.33. The average molecular weight is 346 g/mol. The van der Waals surface area contributed by atoms with Crippen molar-refractivity contribution in [2.45, 2.75) is 0 Å². The lowest BCUT2D eigenvalue weighted by molar-refractivity contribution is 0.102. The summed E-state index contributed by atoms with van der Waals surface area (Å²) in [5.41, 5.74) is 7.31. The number of nitrogens with zero attached hydrogens (tertiary/aromatic N) is 1. The summed E-state index contributed by atoms with van der Waals surface area (Å²) in [6.45, 7) is 0. The van der Waals surface area contributed by atoms with E-state index in [0.29, 0.717) is 28.3 Å². The lowest BCUT2D eigenvalue weighted by Crippen LogP contribution is -2.14. The Morgan fingerprint density at radius 1 is 1.33 bits per heavy atom. The molecule has 0 fully saturated rings. The second-order valence-electron chi connectivity index (χ2n) is 4.22. The minimum absolute atomic E-state index is 0.343. The average Bonchev–Trinajstić information content (AvgIpc) is 2.47. The monoisotopic (exact) mass is 345 g/mol. The molecule has 0 aromatic heterocycles. The van der Waals surface area contributed by atoms with Crippen molar-refractivity contribution in [3.63, 3.8) is 0 Å². The number of nitriles is 1. The number of ether oxygens (including phenoxy) is 1. The largest absolute Gasteiger partial charge is 0.496 e. The van der Waals surface area contributed by atoms with Crippen LogP contribution in [0.25, 0.3) is 0 Å². The number of carbonyl (C=O) groups excluding carboxylic acids is 1. The fourth-order valence-corrected chi connectivity index (χ4v) is 2.16. The Balaban J connectivity index is 2.35. The first-order valence-electron chi connectivity index (χ1n) is 5.99. The molecule has 0 saturated carbocycles. The summed E-state index contributed by atoms with van der Waals surface area (Å²) >= 11 is 3.31. The van der Waals surface area contributed by atoms with Crippen molar-refractivity contribution < 1.29 is 9.53 Å². The Labute approximate surface area is 130 Å². The molecule has 0 bridgehead atoms. The van der Waals surface area contributed by atoms with Gasteiger partial charge in [-0.3, -0.25) is 4.79 Å². The number of anilines is 2. The maximum absolute atomic E-state index is 12.3. The fourth-order valence-electron chi connectivity index (χ4n) is 1.80. The van der Waals surface area contributed by atoms with Crippen LogP contribution in [0.2, 0.25) is 0 Å². The van der Waals surface area contributed by atoms with Gasteiger partial charge in [-0.15, -0.1) is 0 Å². The van der Waals surface area contributed by atoms with Crippen LogP contribution in [0.1, 0.15) is 15.9 Å². The van der Waals surface area contributed by atoms with Crippen molar-refractivity contribution in [1.29, 1.82) is 5.26 Å². The number of hydrogen-bond donors (Lipinski definition) is 2. The van der Waals surface area contributed by atoms with Crippen LogP contribution in [0, 0.1) is 11.3 Å². The zero-order valence-corrected chi connectivity index (χ0v) is 12.8. The van der Waals surface area contributed by atoms with Gasteiger partial charge in [-0.1, -0.05) is 15.9 Å². The van der Waals surface area contributed by atoms with Crippen molar-refractivity contribution >= 4 is 33.2 Å². The number of methoxy groups -OCH3 is 1. The van der Waals surface area contributed by atoms with Crippen LogP contribution >= 0.6 is 15.9 Å². The minimum atomic E-state index is -0.374. The molecule has 3 N–H and O–H groups in total. The zero-order chi connectivity index (χ0) is 15.4. The van der Waals surface area contributed by atoms with E-state index in [-0.39, 0.29) is 5.91 Å². The number of rotatable bonds is 3. The number of nitrogen functional groups attached to an aromatic ring is 1. The number of benzene rings is 2. The van der Waals surface area contributed by atoms with Crippen molar-refractivity contribution in [1.82, 2.24) is 0 Å². The van der Waals surface area contributed by atoms with Crippen LogP contribution < -0.4 is 15.8 Å². The van der Waals surface area contributed by atoms with Gasteiger partial charge in [0.05, 0.1) is 23.9 Å². The van der Waals surface area contributed by atoms with Gasteiger partial charge in [0.25, 0.3) is 5.91 Å². The molecule has 106 valence electrons. The van der Waals surface area contributed by atoms with Crippen LogP contribution in [0.3, 0.4) is 0 Å². The molecule has 6 heteroatoms. The number of hydrogen-bond acceptors (Lipinski definition) is 4. The summed E-state index contributed by atoms with van der Waals surface area (Å²) in [5, 5.41) is 11.8. The van der Waals surface area contributed by atoms with Gasteiger partial charge in [0.2, 0.25) is 0 Å². The highest BCUT2D eigenvalue weighted by molar-refractivity contribution is 9.10. The van der Waals surface area contributed by atoms with E-state index >= 15 is 0 Å². The molecule has 21 heavy (non-hydrogen) atoms. The lowest BCUT2D eigenvalue weighted by atomic mass is 10.1. The number of nitrogens with two attached hydrogens (primary N) is 1. The summed E-state index contributed by atoms with van der Waals surface area (Å²) in [6, 6.07) is 11.8. The third-order valence-corrected chi connectivity index (χ3v) is 3.31. The molecule has 0 aliphatic heterocycles. The molecule has 2 rings (SSSR count). The van der Waals surface area contributed by atoms with Crippen LogP contribution in [0.5, 0.6) is 5.75 Å². The Hall–Kier alpha value is -2.52. The number of halogens is 1. The van der Waals surface area contributed by atoms with E-state index in [2.05, 4.69) is 21.2 Å². The molecular weight excluding hydrogens is 334 g/mol. The van der Waals surface area contributed by atoms with Gasteiger partial charge >= 0.3 is 0 Å². The molecule has 0 atom stereocenters. The van der Waals surface area contributed by atoms with Gasteiger partial charge in [0.1, 0.15) is 11.8 Å².